The van der Waals surface area contributed by atoms with Gasteiger partial charge in [-0.2, -0.15) is 5.26 Å². The second-order valence-corrected chi connectivity index (χ2v) is 2.47. The fraction of sp³-hybridized carbons (Fsp3) is 0.600. The summed E-state index contributed by atoms with van der Waals surface area (Å²) < 4.78 is 5.20. The van der Waals surface area contributed by atoms with Crippen molar-refractivity contribution in [2.45, 2.75) is 33.6 Å². The molecule has 0 saturated carbocycles. The Morgan fingerprint density at radius 1 is 1.31 bits per heavy atom. The smallest absolute Gasteiger partial charge is 0.176 e. The van der Waals surface area contributed by atoms with Gasteiger partial charge in [0, 0.05) is 12.8 Å². The number of rotatable bonds is 5. The van der Waals surface area contributed by atoms with Crippen LogP contribution in [0.2, 0.25) is 0 Å². The molecule has 0 radical (unpaired) electrons. The molecule has 0 aromatic rings. The van der Waals surface area contributed by atoms with Crippen LogP contribution in [0.5, 0.6) is 0 Å². The molecule has 0 spiro atoms. The molecule has 0 bridgehead atoms. The maximum atomic E-state index is 11.3. The molecule has 0 heterocycles. The second-order valence-electron chi connectivity index (χ2n) is 2.47. The van der Waals surface area contributed by atoms with Crippen LogP contribution in [0.1, 0.15) is 33.6 Å². The molecule has 72 valence electrons. The third-order valence-corrected chi connectivity index (χ3v) is 1.63. The van der Waals surface area contributed by atoms with Crippen LogP contribution in [0.4, 0.5) is 0 Å². The average molecular weight is 181 g/mol. The highest BCUT2D eigenvalue weighted by molar-refractivity contribution is 5.99. The Morgan fingerprint density at radius 2 is 1.92 bits per heavy atom. The van der Waals surface area contributed by atoms with E-state index in [1.54, 1.807) is 6.92 Å². The van der Waals surface area contributed by atoms with E-state index in [0.29, 0.717) is 25.2 Å². The molecule has 0 saturated heterocycles. The maximum absolute atomic E-state index is 11.3. The van der Waals surface area contributed by atoms with E-state index in [1.807, 2.05) is 19.9 Å². The van der Waals surface area contributed by atoms with E-state index in [1.165, 1.54) is 0 Å². The van der Waals surface area contributed by atoms with E-state index >= 15 is 0 Å². The van der Waals surface area contributed by atoms with Crippen LogP contribution >= 0.6 is 0 Å². The molecule has 0 aliphatic rings. The van der Waals surface area contributed by atoms with Crippen molar-refractivity contribution >= 4 is 5.78 Å². The predicted octanol–water partition coefficient (Wildman–Crippen LogP) is 2.19. The van der Waals surface area contributed by atoms with Gasteiger partial charge in [-0.1, -0.05) is 13.8 Å². The zero-order valence-corrected chi connectivity index (χ0v) is 8.39. The Labute approximate surface area is 79.0 Å². The summed E-state index contributed by atoms with van der Waals surface area (Å²) in [5.41, 5.74) is 0.173. The summed E-state index contributed by atoms with van der Waals surface area (Å²) in [5.74, 6) is 0.365. The highest BCUT2D eigenvalue weighted by Crippen LogP contribution is 2.12. The molecular weight excluding hydrogens is 166 g/mol. The highest BCUT2D eigenvalue weighted by Gasteiger charge is 2.12. The van der Waals surface area contributed by atoms with E-state index in [4.69, 9.17) is 10.00 Å². The molecule has 0 unspecified atom stereocenters. The summed E-state index contributed by atoms with van der Waals surface area (Å²) >= 11 is 0. The van der Waals surface area contributed by atoms with E-state index in [2.05, 4.69) is 0 Å². The third-order valence-electron chi connectivity index (χ3n) is 1.63. The number of nitriles is 1. The molecular formula is C10H15NO2. The molecule has 3 nitrogen and oxygen atoms in total. The minimum atomic E-state index is -0.146. The van der Waals surface area contributed by atoms with Crippen molar-refractivity contribution in [3.63, 3.8) is 0 Å². The Bertz CT molecular complexity index is 248. The van der Waals surface area contributed by atoms with Gasteiger partial charge in [-0.3, -0.25) is 4.79 Å². The van der Waals surface area contributed by atoms with Crippen molar-refractivity contribution in [1.82, 2.24) is 0 Å². The molecule has 3 heteroatoms. The van der Waals surface area contributed by atoms with Gasteiger partial charge in [0.1, 0.15) is 17.4 Å². The Kier molecular flexibility index (Phi) is 5.62. The molecule has 0 fully saturated rings. The summed E-state index contributed by atoms with van der Waals surface area (Å²) in [6, 6.07) is 1.89. The van der Waals surface area contributed by atoms with E-state index in [-0.39, 0.29) is 11.4 Å². The number of ketones is 1. The summed E-state index contributed by atoms with van der Waals surface area (Å²) in [6.07, 6.45) is 0.932. The SMILES string of the molecule is CCO/C(CC)=C(/C#N)C(=O)CC. The zero-order valence-electron chi connectivity index (χ0n) is 8.39. The van der Waals surface area contributed by atoms with E-state index in [0.717, 1.165) is 0 Å². The largest absolute Gasteiger partial charge is 0.497 e. The van der Waals surface area contributed by atoms with Gasteiger partial charge < -0.3 is 4.74 Å². The molecule has 13 heavy (non-hydrogen) atoms. The van der Waals surface area contributed by atoms with Crippen LogP contribution < -0.4 is 0 Å². The Morgan fingerprint density at radius 3 is 2.23 bits per heavy atom. The number of Topliss-reactive ketones (excluding diaryl/α,β-unsaturated/α-hetero) is 1. The molecule has 0 rings (SSSR count). The van der Waals surface area contributed by atoms with Gasteiger partial charge in [0.15, 0.2) is 5.78 Å². The average Bonchev–Trinajstić information content (AvgIpc) is 2.17. The number of carbonyl (C=O) groups is 1. The van der Waals surface area contributed by atoms with Crippen molar-refractivity contribution in [2.75, 3.05) is 6.61 Å². The summed E-state index contributed by atoms with van der Waals surface area (Å²) in [7, 11) is 0. The topological polar surface area (TPSA) is 50.1 Å². The van der Waals surface area contributed by atoms with Gasteiger partial charge in [-0.15, -0.1) is 0 Å². The van der Waals surface area contributed by atoms with Crippen LogP contribution in [0.3, 0.4) is 0 Å². The first kappa shape index (κ1) is 11.7. The van der Waals surface area contributed by atoms with Gasteiger partial charge in [0.05, 0.1) is 6.61 Å². The summed E-state index contributed by atoms with van der Waals surface area (Å²) in [4.78, 5) is 11.3. The predicted molar refractivity (Wildman–Crippen MR) is 49.9 cm³/mol. The minimum absolute atomic E-state index is 0.146. The first-order valence-corrected chi connectivity index (χ1v) is 4.50. The lowest BCUT2D eigenvalue weighted by atomic mass is 10.1. The van der Waals surface area contributed by atoms with Crippen LogP contribution in [0, 0.1) is 11.3 Å². The first-order chi connectivity index (χ1) is 6.21. The maximum Gasteiger partial charge on any atom is 0.176 e. The normalized spacial score (nSPS) is 11.5. The number of hydrogen-bond acceptors (Lipinski definition) is 3. The molecule has 0 amide bonds. The molecule has 0 aliphatic carbocycles. The number of nitrogens with zero attached hydrogens (tertiary/aromatic N) is 1. The van der Waals surface area contributed by atoms with Crippen molar-refractivity contribution in [3.05, 3.63) is 11.3 Å². The van der Waals surface area contributed by atoms with Gasteiger partial charge in [0.2, 0.25) is 0 Å². The molecule has 0 aromatic heterocycles. The number of allylic oxidation sites excluding steroid dienone is 2. The fourth-order valence-corrected chi connectivity index (χ4v) is 0.982. The van der Waals surface area contributed by atoms with Crippen LogP contribution in [0.15, 0.2) is 11.3 Å². The van der Waals surface area contributed by atoms with Crippen LogP contribution in [-0.2, 0) is 9.53 Å². The standard InChI is InChI=1S/C10H15NO2/c1-4-9(12)8(7-11)10(5-2)13-6-3/h4-6H2,1-3H3/b10-8-. The zero-order chi connectivity index (χ0) is 10.3. The molecule has 0 aromatic carbocycles. The lowest BCUT2D eigenvalue weighted by molar-refractivity contribution is -0.115. The molecule has 0 aliphatic heterocycles. The minimum Gasteiger partial charge on any atom is -0.497 e. The van der Waals surface area contributed by atoms with Crippen molar-refractivity contribution in [2.24, 2.45) is 0 Å². The number of carbonyl (C=O) groups excluding carboxylic acids is 1. The van der Waals surface area contributed by atoms with E-state index < -0.39 is 0 Å². The van der Waals surface area contributed by atoms with Gasteiger partial charge in [-0.25, -0.2) is 0 Å². The fourth-order valence-electron chi connectivity index (χ4n) is 0.982. The van der Waals surface area contributed by atoms with Crippen LogP contribution in [-0.4, -0.2) is 12.4 Å². The monoisotopic (exact) mass is 181 g/mol. The van der Waals surface area contributed by atoms with Crippen LogP contribution in [0.25, 0.3) is 0 Å². The van der Waals surface area contributed by atoms with Gasteiger partial charge >= 0.3 is 0 Å². The molecule has 0 atom stereocenters. The highest BCUT2D eigenvalue weighted by atomic mass is 16.5. The van der Waals surface area contributed by atoms with Crippen molar-refractivity contribution in [1.29, 1.82) is 5.26 Å². The van der Waals surface area contributed by atoms with Gasteiger partial charge in [0.25, 0.3) is 0 Å². The first-order valence-electron chi connectivity index (χ1n) is 4.50. The number of ether oxygens (including phenoxy) is 1. The quantitative estimate of drug-likeness (QED) is 0.371. The number of hydrogen-bond donors (Lipinski definition) is 0. The summed E-state index contributed by atoms with van der Waals surface area (Å²) in [6.45, 7) is 5.93. The molecule has 0 N–H and O–H groups in total. The lowest BCUT2D eigenvalue weighted by Gasteiger charge is -2.07. The lowest BCUT2D eigenvalue weighted by Crippen LogP contribution is -2.05. The second kappa shape index (κ2) is 6.24. The van der Waals surface area contributed by atoms with Crippen molar-refractivity contribution < 1.29 is 9.53 Å². The Hall–Kier alpha value is -1.30. The Balaban J connectivity index is 4.84. The summed E-state index contributed by atoms with van der Waals surface area (Å²) in [5, 5.41) is 8.75. The van der Waals surface area contributed by atoms with Gasteiger partial charge in [-0.05, 0) is 6.92 Å². The van der Waals surface area contributed by atoms with Crippen molar-refractivity contribution in [3.8, 4) is 6.07 Å². The van der Waals surface area contributed by atoms with E-state index in [9.17, 15) is 4.79 Å². The third kappa shape index (κ3) is 3.29.